The molecule has 0 spiro atoms. The van der Waals surface area contributed by atoms with Gasteiger partial charge in [-0.25, -0.2) is 9.37 Å². The number of nitrogens with one attached hydrogen (secondary N) is 1. The molecular formula is C14H12F4N4S. The maximum atomic E-state index is 13.5. The van der Waals surface area contributed by atoms with Crippen molar-refractivity contribution < 1.29 is 17.6 Å². The Hall–Kier alpha value is -2.16. The van der Waals surface area contributed by atoms with Gasteiger partial charge in [0.2, 0.25) is 0 Å². The molecule has 9 heteroatoms. The quantitative estimate of drug-likeness (QED) is 0.727. The highest BCUT2D eigenvalue weighted by Crippen LogP contribution is 2.31. The van der Waals surface area contributed by atoms with Crippen molar-refractivity contribution in [3.8, 4) is 0 Å². The average Bonchev–Trinajstić information content (AvgIpc) is 3.04. The minimum absolute atomic E-state index is 0.140. The maximum Gasteiger partial charge on any atom is 0.435 e. The lowest BCUT2D eigenvalue weighted by Gasteiger charge is -2.02. The molecule has 0 amide bonds. The molecule has 4 nitrogen and oxygen atoms in total. The highest BCUT2D eigenvalue weighted by molar-refractivity contribution is 7.22. The molecule has 1 N–H and O–H groups in total. The number of fused-ring (bicyclic) bond motifs is 1. The lowest BCUT2D eigenvalue weighted by Crippen LogP contribution is -2.07. The second-order valence-corrected chi connectivity index (χ2v) is 6.06. The first kappa shape index (κ1) is 15.7. The molecule has 0 aliphatic rings. The minimum atomic E-state index is -4.47. The van der Waals surface area contributed by atoms with Crippen LogP contribution in [0.1, 0.15) is 17.0 Å². The van der Waals surface area contributed by atoms with Gasteiger partial charge in [0.05, 0.1) is 22.5 Å². The summed E-state index contributed by atoms with van der Waals surface area (Å²) >= 11 is 1.32. The van der Waals surface area contributed by atoms with Crippen LogP contribution in [-0.2, 0) is 19.8 Å². The Labute approximate surface area is 132 Å². The normalized spacial score (nSPS) is 12.1. The maximum absolute atomic E-state index is 13.5. The van der Waals surface area contributed by atoms with E-state index in [1.165, 1.54) is 29.1 Å². The molecule has 0 radical (unpaired) electrons. The number of halogens is 4. The number of benzene rings is 1. The van der Waals surface area contributed by atoms with Gasteiger partial charge < -0.3 is 5.32 Å². The first-order valence-corrected chi connectivity index (χ1v) is 7.47. The predicted octanol–water partition coefficient (Wildman–Crippen LogP) is 4.11. The number of hydrogen-bond donors (Lipinski definition) is 1. The van der Waals surface area contributed by atoms with Crippen LogP contribution >= 0.6 is 11.3 Å². The Bertz CT molecular complexity index is 866. The monoisotopic (exact) mass is 344 g/mol. The van der Waals surface area contributed by atoms with Gasteiger partial charge in [0.15, 0.2) is 10.8 Å². The molecule has 0 saturated heterocycles. The summed E-state index contributed by atoms with van der Waals surface area (Å²) in [6.07, 6.45) is -4.47. The highest BCUT2D eigenvalue weighted by Gasteiger charge is 2.34. The third-order valence-electron chi connectivity index (χ3n) is 3.44. The van der Waals surface area contributed by atoms with E-state index in [2.05, 4.69) is 15.4 Å². The van der Waals surface area contributed by atoms with E-state index in [0.717, 1.165) is 10.8 Å². The number of rotatable bonds is 3. The van der Waals surface area contributed by atoms with Gasteiger partial charge in [-0.05, 0) is 25.1 Å². The van der Waals surface area contributed by atoms with Crippen LogP contribution in [0.4, 0.5) is 22.7 Å². The van der Waals surface area contributed by atoms with E-state index in [0.29, 0.717) is 21.9 Å². The highest BCUT2D eigenvalue weighted by atomic mass is 32.1. The van der Waals surface area contributed by atoms with Crippen LogP contribution < -0.4 is 5.32 Å². The minimum Gasteiger partial charge on any atom is -0.356 e. The van der Waals surface area contributed by atoms with Crippen LogP contribution in [0.2, 0.25) is 0 Å². The topological polar surface area (TPSA) is 42.7 Å². The zero-order valence-corrected chi connectivity index (χ0v) is 13.0. The largest absolute Gasteiger partial charge is 0.435 e. The Morgan fingerprint density at radius 2 is 2.04 bits per heavy atom. The van der Waals surface area contributed by atoms with E-state index in [-0.39, 0.29) is 12.4 Å². The summed E-state index contributed by atoms with van der Waals surface area (Å²) in [5.41, 5.74) is 0.448. The van der Waals surface area contributed by atoms with Crippen molar-refractivity contribution in [2.45, 2.75) is 19.6 Å². The molecule has 0 aliphatic heterocycles. The Morgan fingerprint density at radius 3 is 2.70 bits per heavy atom. The summed E-state index contributed by atoms with van der Waals surface area (Å²) in [5, 5.41) is 6.92. The number of hydrogen-bond acceptors (Lipinski definition) is 4. The summed E-state index contributed by atoms with van der Waals surface area (Å²) < 4.78 is 53.4. The molecule has 0 fully saturated rings. The van der Waals surface area contributed by atoms with Crippen molar-refractivity contribution in [1.82, 2.24) is 14.8 Å². The molecule has 122 valence electrons. The van der Waals surface area contributed by atoms with Gasteiger partial charge >= 0.3 is 6.18 Å². The fourth-order valence-corrected chi connectivity index (χ4v) is 3.07. The molecule has 2 aromatic heterocycles. The summed E-state index contributed by atoms with van der Waals surface area (Å²) in [7, 11) is 1.45. The van der Waals surface area contributed by atoms with Crippen LogP contribution in [0.3, 0.4) is 0 Å². The van der Waals surface area contributed by atoms with Crippen LogP contribution in [0.25, 0.3) is 10.2 Å². The molecule has 3 aromatic rings. The number of aromatic nitrogens is 3. The molecule has 1 aromatic carbocycles. The molecule has 0 saturated carbocycles. The standard InChI is InChI=1S/C14H12F4N4S/c1-7-9(15)3-4-10-12(7)20-13(23-10)19-6-8-5-11(14(16,17)18)21-22(8)2/h3-5H,6H2,1-2H3,(H,19,20). The number of nitrogens with zero attached hydrogens (tertiary/aromatic N) is 3. The molecule has 0 aliphatic carbocycles. The number of thiazole rings is 1. The molecule has 0 unspecified atom stereocenters. The third-order valence-corrected chi connectivity index (χ3v) is 4.41. The third kappa shape index (κ3) is 3.00. The predicted molar refractivity (Wildman–Crippen MR) is 79.9 cm³/mol. The summed E-state index contributed by atoms with van der Waals surface area (Å²) in [6.45, 7) is 1.78. The second kappa shape index (κ2) is 5.48. The smallest absolute Gasteiger partial charge is 0.356 e. The molecule has 23 heavy (non-hydrogen) atoms. The molecule has 2 heterocycles. The van der Waals surface area contributed by atoms with Gasteiger partial charge in [-0.3, -0.25) is 4.68 Å². The second-order valence-electron chi connectivity index (χ2n) is 5.03. The number of aryl methyl sites for hydroxylation is 2. The SMILES string of the molecule is Cc1c(F)ccc2sc(NCc3cc(C(F)(F)F)nn3C)nc12. The van der Waals surface area contributed by atoms with Crippen LogP contribution in [0.5, 0.6) is 0 Å². The van der Waals surface area contributed by atoms with E-state index in [1.54, 1.807) is 13.0 Å². The van der Waals surface area contributed by atoms with E-state index < -0.39 is 11.9 Å². The van der Waals surface area contributed by atoms with Gasteiger partial charge in [-0.2, -0.15) is 18.3 Å². The first-order valence-electron chi connectivity index (χ1n) is 6.65. The zero-order valence-electron chi connectivity index (χ0n) is 12.2. The van der Waals surface area contributed by atoms with E-state index >= 15 is 0 Å². The van der Waals surface area contributed by atoms with Crippen molar-refractivity contribution in [3.63, 3.8) is 0 Å². The van der Waals surface area contributed by atoms with Crippen molar-refractivity contribution >= 4 is 26.7 Å². The zero-order chi connectivity index (χ0) is 16.8. The van der Waals surface area contributed by atoms with Crippen LogP contribution in [0, 0.1) is 12.7 Å². The van der Waals surface area contributed by atoms with Crippen LogP contribution in [-0.4, -0.2) is 14.8 Å². The number of alkyl halides is 3. The lowest BCUT2D eigenvalue weighted by atomic mass is 10.2. The molecule has 3 rings (SSSR count). The Balaban J connectivity index is 1.81. The summed E-state index contributed by atoms with van der Waals surface area (Å²) in [5.74, 6) is -0.337. The molecular weight excluding hydrogens is 332 g/mol. The fourth-order valence-electron chi connectivity index (χ4n) is 2.15. The van der Waals surface area contributed by atoms with Crippen molar-refractivity contribution in [2.24, 2.45) is 7.05 Å². The summed E-state index contributed by atoms with van der Waals surface area (Å²) in [6, 6.07) is 3.99. The van der Waals surface area contributed by atoms with Gasteiger partial charge in [-0.1, -0.05) is 11.3 Å². The fraction of sp³-hybridized carbons (Fsp3) is 0.286. The van der Waals surface area contributed by atoms with E-state index in [1.807, 2.05) is 0 Å². The molecule has 0 bridgehead atoms. The van der Waals surface area contributed by atoms with Gasteiger partial charge in [-0.15, -0.1) is 0 Å². The van der Waals surface area contributed by atoms with Crippen molar-refractivity contribution in [3.05, 3.63) is 41.0 Å². The first-order chi connectivity index (χ1) is 10.8. The van der Waals surface area contributed by atoms with Gasteiger partial charge in [0.25, 0.3) is 0 Å². The number of anilines is 1. The Kier molecular flexibility index (Phi) is 3.75. The molecule has 0 atom stereocenters. The van der Waals surface area contributed by atoms with Gasteiger partial charge in [0, 0.05) is 12.6 Å². The average molecular weight is 344 g/mol. The van der Waals surface area contributed by atoms with E-state index in [4.69, 9.17) is 0 Å². The van der Waals surface area contributed by atoms with Gasteiger partial charge in [0.1, 0.15) is 5.82 Å². The Morgan fingerprint density at radius 1 is 1.30 bits per heavy atom. The van der Waals surface area contributed by atoms with Crippen LogP contribution in [0.15, 0.2) is 18.2 Å². The lowest BCUT2D eigenvalue weighted by molar-refractivity contribution is -0.141. The summed E-state index contributed by atoms with van der Waals surface area (Å²) in [4.78, 5) is 4.29. The van der Waals surface area contributed by atoms with Crippen molar-refractivity contribution in [2.75, 3.05) is 5.32 Å². The van der Waals surface area contributed by atoms with E-state index in [9.17, 15) is 17.6 Å². The van der Waals surface area contributed by atoms with Crippen molar-refractivity contribution in [1.29, 1.82) is 0 Å².